The average Bonchev–Trinajstić information content (AvgIpc) is 2.59. The maximum Gasteiger partial charge on any atom is 0.111 e. The van der Waals surface area contributed by atoms with Gasteiger partial charge in [0.05, 0.1) is 0 Å². The molecule has 78 valence electrons. The summed E-state index contributed by atoms with van der Waals surface area (Å²) >= 11 is 0. The van der Waals surface area contributed by atoms with Gasteiger partial charge in [0.2, 0.25) is 0 Å². The minimum atomic E-state index is 0.301. The first-order valence-electron chi connectivity index (χ1n) is 5.37. The van der Waals surface area contributed by atoms with E-state index in [2.05, 4.69) is 23.4 Å². The fourth-order valence-corrected chi connectivity index (χ4v) is 2.15. The van der Waals surface area contributed by atoms with Crippen LogP contribution in [-0.2, 0) is 13.0 Å². The van der Waals surface area contributed by atoms with Crippen LogP contribution in [0.1, 0.15) is 37.7 Å². The zero-order valence-electron chi connectivity index (χ0n) is 8.90. The van der Waals surface area contributed by atoms with Crippen molar-refractivity contribution >= 4 is 0 Å². The Hall–Kier alpha value is -0.830. The Balaban J connectivity index is 2.28. The molecule has 3 nitrogen and oxygen atoms in total. The first kappa shape index (κ1) is 9.71. The van der Waals surface area contributed by atoms with E-state index in [4.69, 9.17) is 5.11 Å². The third kappa shape index (κ3) is 1.57. The summed E-state index contributed by atoms with van der Waals surface area (Å²) in [7, 11) is 0. The zero-order valence-corrected chi connectivity index (χ0v) is 8.90. The molecule has 0 bridgehead atoms. The van der Waals surface area contributed by atoms with Gasteiger partial charge in [-0.3, -0.25) is 0 Å². The molecule has 2 heterocycles. The molecule has 0 fully saturated rings. The third-order valence-corrected chi connectivity index (χ3v) is 2.99. The van der Waals surface area contributed by atoms with Crippen molar-refractivity contribution in [1.29, 1.82) is 0 Å². The highest BCUT2D eigenvalue weighted by molar-refractivity contribution is 5.11. The maximum atomic E-state index is 9.15. The number of hydrogen-bond acceptors (Lipinski definition) is 2. The Kier molecular flexibility index (Phi) is 2.59. The summed E-state index contributed by atoms with van der Waals surface area (Å²) in [5, 5.41) is 9.15. The van der Waals surface area contributed by atoms with E-state index in [1.807, 2.05) is 6.20 Å². The Morgan fingerprint density at radius 2 is 2.43 bits per heavy atom. The lowest BCUT2D eigenvalue weighted by atomic mass is 9.99. The van der Waals surface area contributed by atoms with Gasteiger partial charge in [-0.05, 0) is 12.8 Å². The largest absolute Gasteiger partial charge is 0.396 e. The lowest BCUT2D eigenvalue weighted by molar-refractivity contribution is 0.190. The monoisotopic (exact) mass is 194 g/mol. The normalized spacial score (nSPS) is 21.3. The smallest absolute Gasteiger partial charge is 0.111 e. The number of aryl methyl sites for hydroxylation is 1. The predicted octanol–water partition coefficient (Wildman–Crippen LogP) is 1.56. The number of aliphatic hydroxyl groups is 1. The molecule has 1 atom stereocenters. The molecule has 3 heteroatoms. The number of nitrogens with zero attached hydrogens (tertiary/aromatic N) is 2. The molecule has 0 aromatic carbocycles. The number of rotatable bonds is 2. The van der Waals surface area contributed by atoms with Crippen LogP contribution in [0.5, 0.6) is 0 Å². The highest BCUT2D eigenvalue weighted by Crippen LogP contribution is 2.24. The van der Waals surface area contributed by atoms with Crippen LogP contribution in [-0.4, -0.2) is 21.3 Å². The van der Waals surface area contributed by atoms with E-state index in [1.165, 1.54) is 5.69 Å². The molecular formula is C11H18N2O. The number of fused-ring (bicyclic) bond motifs is 1. The second-order valence-electron chi connectivity index (χ2n) is 4.46. The molecule has 1 aromatic heterocycles. The van der Waals surface area contributed by atoms with Crippen LogP contribution in [0, 0.1) is 5.92 Å². The molecular weight excluding hydrogens is 176 g/mol. The molecule has 1 aliphatic heterocycles. The molecule has 1 aliphatic rings. The van der Waals surface area contributed by atoms with Gasteiger partial charge in [-0.1, -0.05) is 13.8 Å². The third-order valence-electron chi connectivity index (χ3n) is 2.99. The summed E-state index contributed by atoms with van der Waals surface area (Å²) in [5.41, 5.74) is 1.33. The van der Waals surface area contributed by atoms with Gasteiger partial charge in [0.15, 0.2) is 0 Å². The summed E-state index contributed by atoms with van der Waals surface area (Å²) in [4.78, 5) is 4.45. The molecule has 0 saturated carbocycles. The van der Waals surface area contributed by atoms with Crippen molar-refractivity contribution in [3.8, 4) is 0 Å². The van der Waals surface area contributed by atoms with Gasteiger partial charge in [0.1, 0.15) is 5.82 Å². The predicted molar refractivity (Wildman–Crippen MR) is 55.2 cm³/mol. The maximum absolute atomic E-state index is 9.15. The van der Waals surface area contributed by atoms with Crippen LogP contribution in [0.4, 0.5) is 0 Å². The van der Waals surface area contributed by atoms with Gasteiger partial charge < -0.3 is 9.67 Å². The molecule has 0 amide bonds. The lowest BCUT2D eigenvalue weighted by Gasteiger charge is -2.24. The van der Waals surface area contributed by atoms with E-state index in [0.29, 0.717) is 18.4 Å². The Morgan fingerprint density at radius 3 is 3.07 bits per heavy atom. The van der Waals surface area contributed by atoms with E-state index in [9.17, 15) is 0 Å². The number of hydrogen-bond donors (Lipinski definition) is 1. The van der Waals surface area contributed by atoms with Gasteiger partial charge in [-0.2, -0.15) is 0 Å². The topological polar surface area (TPSA) is 38.0 Å². The fraction of sp³-hybridized carbons (Fsp3) is 0.727. The summed E-state index contributed by atoms with van der Waals surface area (Å²) in [6, 6.07) is 0. The van der Waals surface area contributed by atoms with Crippen LogP contribution in [0.2, 0.25) is 0 Å². The molecule has 14 heavy (non-hydrogen) atoms. The van der Waals surface area contributed by atoms with E-state index in [1.54, 1.807) is 0 Å². The van der Waals surface area contributed by atoms with Crippen molar-refractivity contribution in [2.45, 2.75) is 39.2 Å². The van der Waals surface area contributed by atoms with Crippen LogP contribution in [0.15, 0.2) is 6.20 Å². The molecule has 0 saturated heterocycles. The average molecular weight is 194 g/mol. The number of imidazole rings is 1. The SMILES string of the molecule is CC(C)c1ncc2n1CC(CO)CC2. The second-order valence-corrected chi connectivity index (χ2v) is 4.46. The standard InChI is InChI=1S/C11H18N2O/c1-8(2)11-12-5-10-4-3-9(7-14)6-13(10)11/h5,8-9,14H,3-4,6-7H2,1-2H3. The highest BCUT2D eigenvalue weighted by atomic mass is 16.3. The first-order chi connectivity index (χ1) is 6.72. The first-order valence-corrected chi connectivity index (χ1v) is 5.37. The van der Waals surface area contributed by atoms with Gasteiger partial charge in [0.25, 0.3) is 0 Å². The van der Waals surface area contributed by atoms with Crippen molar-refractivity contribution in [2.24, 2.45) is 5.92 Å². The number of aromatic nitrogens is 2. The van der Waals surface area contributed by atoms with Gasteiger partial charge >= 0.3 is 0 Å². The van der Waals surface area contributed by atoms with Crippen LogP contribution in [0.25, 0.3) is 0 Å². The van der Waals surface area contributed by atoms with E-state index in [0.717, 1.165) is 25.2 Å². The minimum Gasteiger partial charge on any atom is -0.396 e. The van der Waals surface area contributed by atoms with Gasteiger partial charge in [0, 0.05) is 36.9 Å². The van der Waals surface area contributed by atoms with Crippen molar-refractivity contribution < 1.29 is 5.11 Å². The van der Waals surface area contributed by atoms with Crippen LogP contribution < -0.4 is 0 Å². The molecule has 1 aromatic rings. The van der Waals surface area contributed by atoms with E-state index in [-0.39, 0.29) is 0 Å². The van der Waals surface area contributed by atoms with E-state index < -0.39 is 0 Å². The van der Waals surface area contributed by atoms with Crippen molar-refractivity contribution in [1.82, 2.24) is 9.55 Å². The molecule has 2 rings (SSSR count). The number of aliphatic hydroxyl groups excluding tert-OH is 1. The van der Waals surface area contributed by atoms with Gasteiger partial charge in [-0.15, -0.1) is 0 Å². The minimum absolute atomic E-state index is 0.301. The van der Waals surface area contributed by atoms with Crippen molar-refractivity contribution in [3.05, 3.63) is 17.7 Å². The summed E-state index contributed by atoms with van der Waals surface area (Å²) < 4.78 is 2.29. The van der Waals surface area contributed by atoms with Crippen LogP contribution >= 0.6 is 0 Å². The van der Waals surface area contributed by atoms with E-state index >= 15 is 0 Å². The second kappa shape index (κ2) is 3.73. The Bertz CT molecular complexity index is 317. The molecule has 0 spiro atoms. The highest BCUT2D eigenvalue weighted by Gasteiger charge is 2.21. The molecule has 1 N–H and O–H groups in total. The summed E-state index contributed by atoms with van der Waals surface area (Å²) in [5.74, 6) is 2.06. The summed E-state index contributed by atoms with van der Waals surface area (Å²) in [6.45, 7) is 5.57. The Labute approximate surface area is 84.8 Å². The lowest BCUT2D eigenvalue weighted by Crippen LogP contribution is -2.24. The quantitative estimate of drug-likeness (QED) is 0.776. The molecule has 0 aliphatic carbocycles. The molecule has 0 radical (unpaired) electrons. The van der Waals surface area contributed by atoms with Crippen LogP contribution in [0.3, 0.4) is 0 Å². The van der Waals surface area contributed by atoms with Crippen molar-refractivity contribution in [3.63, 3.8) is 0 Å². The Morgan fingerprint density at radius 1 is 1.64 bits per heavy atom. The van der Waals surface area contributed by atoms with Gasteiger partial charge in [-0.25, -0.2) is 4.98 Å². The fourth-order valence-electron chi connectivity index (χ4n) is 2.15. The molecule has 1 unspecified atom stereocenters. The van der Waals surface area contributed by atoms with Crippen molar-refractivity contribution in [2.75, 3.05) is 6.61 Å². The summed E-state index contributed by atoms with van der Waals surface area (Å²) in [6.07, 6.45) is 4.15. The zero-order chi connectivity index (χ0) is 10.1.